The molecule has 0 unspecified atom stereocenters. The van der Waals surface area contributed by atoms with Crippen LogP contribution in [0.15, 0.2) is 95.3 Å². The third-order valence-electron chi connectivity index (χ3n) is 4.27. The maximum Gasteiger partial charge on any atom is 0.261 e. The number of sulfonamides is 1. The number of amides is 1. The second kappa shape index (κ2) is 8.48. The van der Waals surface area contributed by atoms with Gasteiger partial charge in [0, 0.05) is 34.1 Å². The van der Waals surface area contributed by atoms with E-state index in [1.165, 1.54) is 24.3 Å². The minimum Gasteiger partial charge on any atom is -0.322 e. The van der Waals surface area contributed by atoms with Crippen molar-refractivity contribution < 1.29 is 13.2 Å². The first-order valence-corrected chi connectivity index (χ1v) is 11.4. The standard InChI is InChI=1S/C22H17N3O3S2/c26-21(24-18-10-6-17(7-11-18)22-23-14-15-29-22)16-8-12-20(13-9-16)30(27,28)25-19-4-2-1-3-5-19/h1-15,25H,(H,24,26). The van der Waals surface area contributed by atoms with Crippen LogP contribution in [0.2, 0.25) is 0 Å². The molecule has 6 nitrogen and oxygen atoms in total. The summed E-state index contributed by atoms with van der Waals surface area (Å²) in [6.45, 7) is 0. The van der Waals surface area contributed by atoms with Crippen LogP contribution in [0.4, 0.5) is 11.4 Å². The zero-order chi connectivity index (χ0) is 21.0. The Balaban J connectivity index is 1.44. The molecule has 150 valence electrons. The number of carbonyl (C=O) groups excluding carboxylic acids is 1. The molecule has 0 saturated heterocycles. The Morgan fingerprint density at radius 2 is 1.53 bits per heavy atom. The fourth-order valence-corrected chi connectivity index (χ4v) is 4.47. The maximum absolute atomic E-state index is 12.5. The predicted octanol–water partition coefficient (Wildman–Crippen LogP) is 4.86. The summed E-state index contributed by atoms with van der Waals surface area (Å²) in [5, 5.41) is 5.63. The maximum atomic E-state index is 12.5. The van der Waals surface area contributed by atoms with Crippen LogP contribution < -0.4 is 10.0 Å². The smallest absolute Gasteiger partial charge is 0.261 e. The van der Waals surface area contributed by atoms with Gasteiger partial charge in [-0.1, -0.05) is 18.2 Å². The van der Waals surface area contributed by atoms with Gasteiger partial charge in [-0.05, 0) is 60.7 Å². The highest BCUT2D eigenvalue weighted by atomic mass is 32.2. The first-order valence-electron chi connectivity index (χ1n) is 9.00. The monoisotopic (exact) mass is 435 g/mol. The molecule has 1 aromatic heterocycles. The predicted molar refractivity (Wildman–Crippen MR) is 119 cm³/mol. The normalized spacial score (nSPS) is 11.1. The molecule has 0 atom stereocenters. The van der Waals surface area contributed by atoms with Gasteiger partial charge in [-0.25, -0.2) is 13.4 Å². The van der Waals surface area contributed by atoms with Crippen molar-refractivity contribution in [2.75, 3.05) is 10.0 Å². The minimum absolute atomic E-state index is 0.0794. The molecule has 0 radical (unpaired) electrons. The number of nitrogens with one attached hydrogen (secondary N) is 2. The largest absolute Gasteiger partial charge is 0.322 e. The van der Waals surface area contributed by atoms with Gasteiger partial charge in [0.2, 0.25) is 0 Å². The topological polar surface area (TPSA) is 88.2 Å². The Bertz CT molecular complexity index is 1240. The summed E-state index contributed by atoms with van der Waals surface area (Å²) in [6.07, 6.45) is 1.74. The summed E-state index contributed by atoms with van der Waals surface area (Å²) >= 11 is 1.54. The number of nitrogens with zero attached hydrogens (tertiary/aromatic N) is 1. The summed E-state index contributed by atoms with van der Waals surface area (Å²) in [5.41, 5.74) is 2.45. The Morgan fingerprint density at radius 3 is 2.17 bits per heavy atom. The van der Waals surface area contributed by atoms with Crippen molar-refractivity contribution >= 4 is 38.6 Å². The second-order valence-electron chi connectivity index (χ2n) is 6.36. The summed E-state index contributed by atoms with van der Waals surface area (Å²) in [7, 11) is -3.73. The molecule has 3 aromatic carbocycles. The molecule has 1 amide bonds. The van der Waals surface area contributed by atoms with E-state index in [0.717, 1.165) is 10.6 Å². The van der Waals surface area contributed by atoms with Crippen molar-refractivity contribution in [3.63, 3.8) is 0 Å². The molecular weight excluding hydrogens is 418 g/mol. The van der Waals surface area contributed by atoms with Crippen LogP contribution in [0.5, 0.6) is 0 Å². The number of carbonyl (C=O) groups is 1. The van der Waals surface area contributed by atoms with Gasteiger partial charge in [0.25, 0.3) is 15.9 Å². The highest BCUT2D eigenvalue weighted by molar-refractivity contribution is 7.92. The zero-order valence-corrected chi connectivity index (χ0v) is 17.3. The van der Waals surface area contributed by atoms with E-state index in [4.69, 9.17) is 0 Å². The van der Waals surface area contributed by atoms with Crippen LogP contribution in [0.25, 0.3) is 10.6 Å². The van der Waals surface area contributed by atoms with Crippen molar-refractivity contribution in [2.24, 2.45) is 0 Å². The SMILES string of the molecule is O=C(Nc1ccc(-c2nccs2)cc1)c1ccc(S(=O)(=O)Nc2ccccc2)cc1. The highest BCUT2D eigenvalue weighted by Gasteiger charge is 2.15. The summed E-state index contributed by atoms with van der Waals surface area (Å²) in [6, 6.07) is 21.8. The van der Waals surface area contributed by atoms with E-state index in [9.17, 15) is 13.2 Å². The molecule has 4 aromatic rings. The summed E-state index contributed by atoms with van der Waals surface area (Å²) < 4.78 is 27.5. The summed E-state index contributed by atoms with van der Waals surface area (Å²) in [4.78, 5) is 16.8. The lowest BCUT2D eigenvalue weighted by atomic mass is 10.2. The molecule has 0 spiro atoms. The van der Waals surface area contributed by atoms with E-state index in [1.807, 2.05) is 17.5 Å². The van der Waals surface area contributed by atoms with Gasteiger partial charge in [-0.2, -0.15) is 0 Å². The van der Waals surface area contributed by atoms with E-state index in [2.05, 4.69) is 15.0 Å². The van der Waals surface area contributed by atoms with Crippen LogP contribution in [0, 0.1) is 0 Å². The van der Waals surface area contributed by atoms with E-state index < -0.39 is 10.0 Å². The molecule has 30 heavy (non-hydrogen) atoms. The fraction of sp³-hybridized carbons (Fsp3) is 0. The van der Waals surface area contributed by atoms with Gasteiger partial charge in [-0.15, -0.1) is 11.3 Å². The number of para-hydroxylation sites is 1. The molecule has 0 aliphatic carbocycles. The quantitative estimate of drug-likeness (QED) is 0.453. The van der Waals surface area contributed by atoms with E-state index in [0.29, 0.717) is 16.9 Å². The van der Waals surface area contributed by atoms with Crippen molar-refractivity contribution in [1.82, 2.24) is 4.98 Å². The Morgan fingerprint density at radius 1 is 0.833 bits per heavy atom. The van der Waals surface area contributed by atoms with Crippen LogP contribution >= 0.6 is 11.3 Å². The van der Waals surface area contributed by atoms with Gasteiger partial charge in [-0.3, -0.25) is 9.52 Å². The number of aromatic nitrogens is 1. The molecule has 0 saturated carbocycles. The molecule has 0 bridgehead atoms. The zero-order valence-electron chi connectivity index (χ0n) is 15.6. The molecular formula is C22H17N3O3S2. The molecule has 1 heterocycles. The van der Waals surface area contributed by atoms with Gasteiger partial charge in [0.15, 0.2) is 0 Å². The van der Waals surface area contributed by atoms with Gasteiger partial charge in [0.05, 0.1) is 4.90 Å². The lowest BCUT2D eigenvalue weighted by molar-refractivity contribution is 0.102. The number of thiazole rings is 1. The van der Waals surface area contributed by atoms with Crippen molar-refractivity contribution in [3.8, 4) is 10.6 Å². The van der Waals surface area contributed by atoms with Crippen molar-refractivity contribution in [3.05, 3.63) is 96.0 Å². The van der Waals surface area contributed by atoms with Gasteiger partial charge >= 0.3 is 0 Å². The molecule has 0 fully saturated rings. The average molecular weight is 436 g/mol. The van der Waals surface area contributed by atoms with Crippen LogP contribution in [-0.2, 0) is 10.0 Å². The van der Waals surface area contributed by atoms with E-state index >= 15 is 0 Å². The van der Waals surface area contributed by atoms with E-state index in [-0.39, 0.29) is 10.8 Å². The molecule has 2 N–H and O–H groups in total. The van der Waals surface area contributed by atoms with Crippen LogP contribution in [0.1, 0.15) is 10.4 Å². The first-order chi connectivity index (χ1) is 14.5. The number of hydrogen-bond donors (Lipinski definition) is 2. The van der Waals surface area contributed by atoms with E-state index in [1.54, 1.807) is 60.0 Å². The Kier molecular flexibility index (Phi) is 5.60. The second-order valence-corrected chi connectivity index (χ2v) is 8.94. The lowest BCUT2D eigenvalue weighted by Crippen LogP contribution is -2.14. The number of rotatable bonds is 6. The molecule has 4 rings (SSSR count). The fourth-order valence-electron chi connectivity index (χ4n) is 2.77. The number of hydrogen-bond acceptors (Lipinski definition) is 5. The van der Waals surface area contributed by atoms with Crippen molar-refractivity contribution in [2.45, 2.75) is 4.90 Å². The van der Waals surface area contributed by atoms with Crippen LogP contribution in [-0.4, -0.2) is 19.3 Å². The average Bonchev–Trinajstić information content (AvgIpc) is 3.30. The third kappa shape index (κ3) is 4.56. The third-order valence-corrected chi connectivity index (χ3v) is 6.49. The molecule has 0 aliphatic heterocycles. The number of benzene rings is 3. The number of anilines is 2. The van der Waals surface area contributed by atoms with Gasteiger partial charge < -0.3 is 5.32 Å². The molecule has 8 heteroatoms. The molecule has 0 aliphatic rings. The summed E-state index contributed by atoms with van der Waals surface area (Å²) in [5.74, 6) is -0.322. The highest BCUT2D eigenvalue weighted by Crippen LogP contribution is 2.23. The Labute approximate surface area is 178 Å². The first kappa shape index (κ1) is 19.8. The van der Waals surface area contributed by atoms with Gasteiger partial charge in [0.1, 0.15) is 5.01 Å². The minimum atomic E-state index is -3.73. The Hall–Kier alpha value is -3.49. The van der Waals surface area contributed by atoms with Crippen molar-refractivity contribution in [1.29, 1.82) is 0 Å². The lowest BCUT2D eigenvalue weighted by Gasteiger charge is -2.09. The van der Waals surface area contributed by atoms with Crippen LogP contribution in [0.3, 0.4) is 0 Å².